The monoisotopic (exact) mass is 235 g/mol. The molecule has 0 radical (unpaired) electrons. The van der Waals surface area contributed by atoms with Crippen LogP contribution in [0.2, 0.25) is 0 Å². The van der Waals surface area contributed by atoms with E-state index < -0.39 is 11.7 Å². The van der Waals surface area contributed by atoms with Crippen molar-refractivity contribution in [3.05, 3.63) is 24.3 Å². The molecule has 5 nitrogen and oxygen atoms in total. The topological polar surface area (TPSA) is 64.1 Å². The van der Waals surface area contributed by atoms with E-state index in [0.717, 1.165) is 18.5 Å². The number of nitrogens with one attached hydrogen (secondary N) is 1. The molecule has 5 heteroatoms. The van der Waals surface area contributed by atoms with Crippen LogP contribution >= 0.6 is 0 Å². The quantitative estimate of drug-likeness (QED) is 0.851. The average Bonchev–Trinajstić information content (AvgIpc) is 2.97. The Hall–Kier alpha value is -1.65. The van der Waals surface area contributed by atoms with Crippen molar-refractivity contribution in [1.82, 2.24) is 15.3 Å². The highest BCUT2D eigenvalue weighted by atomic mass is 16.6. The minimum absolute atomic E-state index is 0.364. The zero-order chi connectivity index (χ0) is 12.5. The number of aromatic nitrogens is 2. The van der Waals surface area contributed by atoms with Gasteiger partial charge in [-0.1, -0.05) is 0 Å². The lowest BCUT2D eigenvalue weighted by Gasteiger charge is -2.23. The highest BCUT2D eigenvalue weighted by Gasteiger charge is 2.48. The summed E-state index contributed by atoms with van der Waals surface area (Å²) in [5, 5.41) is 2.88. The number of hydrogen-bond donors (Lipinski definition) is 1. The van der Waals surface area contributed by atoms with Crippen molar-refractivity contribution >= 4 is 6.09 Å². The van der Waals surface area contributed by atoms with Crippen LogP contribution in [0.1, 0.15) is 39.3 Å². The predicted molar refractivity (Wildman–Crippen MR) is 62.3 cm³/mol. The van der Waals surface area contributed by atoms with Gasteiger partial charge >= 0.3 is 6.09 Å². The second-order valence-corrected chi connectivity index (χ2v) is 5.30. The fourth-order valence-corrected chi connectivity index (χ4v) is 1.62. The standard InChI is InChI=1S/C12H17N3O2/c1-11(2,3)17-10(16)15-12(4-5-12)9-8-13-6-7-14-9/h6-8H,4-5H2,1-3H3,(H,15,16). The third-order valence-electron chi connectivity index (χ3n) is 2.54. The summed E-state index contributed by atoms with van der Waals surface area (Å²) >= 11 is 0. The van der Waals surface area contributed by atoms with Gasteiger partial charge in [-0.15, -0.1) is 0 Å². The fraction of sp³-hybridized carbons (Fsp3) is 0.583. The lowest BCUT2D eigenvalue weighted by atomic mass is 10.2. The van der Waals surface area contributed by atoms with Crippen molar-refractivity contribution in [2.45, 2.75) is 44.8 Å². The minimum atomic E-state index is -0.484. The molecule has 1 fully saturated rings. The first-order valence-corrected chi connectivity index (χ1v) is 5.69. The smallest absolute Gasteiger partial charge is 0.408 e. The summed E-state index contributed by atoms with van der Waals surface area (Å²) in [5.41, 5.74) is -0.0510. The molecule has 0 bridgehead atoms. The first kappa shape index (κ1) is 11.8. The van der Waals surface area contributed by atoms with Gasteiger partial charge in [0.05, 0.1) is 17.4 Å². The van der Waals surface area contributed by atoms with Gasteiger partial charge in [0.2, 0.25) is 0 Å². The van der Waals surface area contributed by atoms with Gasteiger partial charge in [-0.3, -0.25) is 9.97 Å². The van der Waals surface area contributed by atoms with Crippen LogP contribution in [0.4, 0.5) is 4.79 Å². The molecule has 1 heterocycles. The zero-order valence-electron chi connectivity index (χ0n) is 10.4. The zero-order valence-corrected chi connectivity index (χ0v) is 10.4. The second-order valence-electron chi connectivity index (χ2n) is 5.30. The number of carbonyl (C=O) groups is 1. The van der Waals surface area contributed by atoms with Crippen LogP contribution in [0, 0.1) is 0 Å². The van der Waals surface area contributed by atoms with Crippen molar-refractivity contribution in [3.63, 3.8) is 0 Å². The molecular weight excluding hydrogens is 218 g/mol. The summed E-state index contributed by atoms with van der Waals surface area (Å²) in [4.78, 5) is 20.0. The summed E-state index contributed by atoms with van der Waals surface area (Å²) in [5.74, 6) is 0. The molecule has 1 aliphatic carbocycles. The number of amides is 1. The Bertz CT molecular complexity index is 408. The Morgan fingerprint density at radius 1 is 1.41 bits per heavy atom. The van der Waals surface area contributed by atoms with Crippen LogP contribution in [-0.4, -0.2) is 21.7 Å². The van der Waals surface area contributed by atoms with Gasteiger partial charge < -0.3 is 10.1 Å². The molecule has 0 aromatic carbocycles. The Morgan fingerprint density at radius 2 is 2.12 bits per heavy atom. The normalized spacial score (nSPS) is 17.4. The number of hydrogen-bond acceptors (Lipinski definition) is 4. The molecule has 2 rings (SSSR count). The number of ether oxygens (including phenoxy) is 1. The maximum atomic E-state index is 11.7. The Labute approximate surface area is 101 Å². The summed E-state index contributed by atoms with van der Waals surface area (Å²) < 4.78 is 5.24. The molecule has 1 saturated carbocycles. The fourth-order valence-electron chi connectivity index (χ4n) is 1.62. The van der Waals surface area contributed by atoms with Crippen LogP contribution in [0.15, 0.2) is 18.6 Å². The molecule has 0 aliphatic heterocycles. The largest absolute Gasteiger partial charge is 0.444 e. The van der Waals surface area contributed by atoms with Gasteiger partial charge in [-0.25, -0.2) is 4.79 Å². The second kappa shape index (κ2) is 3.98. The van der Waals surface area contributed by atoms with Gasteiger partial charge in [-0.05, 0) is 33.6 Å². The molecule has 17 heavy (non-hydrogen) atoms. The Kier molecular flexibility index (Phi) is 2.77. The van der Waals surface area contributed by atoms with E-state index >= 15 is 0 Å². The highest BCUT2D eigenvalue weighted by molar-refractivity contribution is 5.69. The summed E-state index contributed by atoms with van der Waals surface area (Å²) in [6, 6.07) is 0. The molecule has 0 atom stereocenters. The van der Waals surface area contributed by atoms with E-state index in [1.165, 1.54) is 0 Å². The molecule has 1 N–H and O–H groups in total. The number of alkyl carbamates (subject to hydrolysis) is 1. The Balaban J connectivity index is 2.02. The molecule has 1 aliphatic rings. The molecule has 1 aromatic heterocycles. The van der Waals surface area contributed by atoms with E-state index in [2.05, 4.69) is 15.3 Å². The minimum Gasteiger partial charge on any atom is -0.444 e. The average molecular weight is 235 g/mol. The van der Waals surface area contributed by atoms with Crippen LogP contribution in [0.5, 0.6) is 0 Å². The molecule has 0 saturated heterocycles. The van der Waals surface area contributed by atoms with Crippen molar-refractivity contribution < 1.29 is 9.53 Å². The van der Waals surface area contributed by atoms with E-state index in [4.69, 9.17) is 4.74 Å². The van der Waals surface area contributed by atoms with Crippen molar-refractivity contribution in [2.24, 2.45) is 0 Å². The van der Waals surface area contributed by atoms with Crippen LogP contribution in [-0.2, 0) is 10.3 Å². The summed E-state index contributed by atoms with van der Waals surface area (Å²) in [6.45, 7) is 5.53. The van der Waals surface area contributed by atoms with Crippen LogP contribution < -0.4 is 5.32 Å². The lowest BCUT2D eigenvalue weighted by molar-refractivity contribution is 0.0493. The van der Waals surface area contributed by atoms with Gasteiger partial charge in [0, 0.05) is 12.4 Å². The third kappa shape index (κ3) is 2.93. The highest BCUT2D eigenvalue weighted by Crippen LogP contribution is 2.44. The first-order valence-electron chi connectivity index (χ1n) is 5.69. The van der Waals surface area contributed by atoms with Crippen molar-refractivity contribution in [1.29, 1.82) is 0 Å². The SMILES string of the molecule is CC(C)(C)OC(=O)NC1(c2cnccn2)CC1. The molecule has 1 amide bonds. The number of carbonyl (C=O) groups excluding carboxylic acids is 1. The molecular formula is C12H17N3O2. The van der Waals surface area contributed by atoms with Gasteiger partial charge in [0.15, 0.2) is 0 Å². The molecule has 0 spiro atoms. The van der Waals surface area contributed by atoms with E-state index in [1.807, 2.05) is 20.8 Å². The van der Waals surface area contributed by atoms with Gasteiger partial charge in [0.1, 0.15) is 5.60 Å². The predicted octanol–water partition coefficient (Wildman–Crippen LogP) is 1.99. The van der Waals surface area contributed by atoms with E-state index in [0.29, 0.717) is 0 Å². The van der Waals surface area contributed by atoms with Crippen molar-refractivity contribution in [2.75, 3.05) is 0 Å². The van der Waals surface area contributed by atoms with Crippen molar-refractivity contribution in [3.8, 4) is 0 Å². The van der Waals surface area contributed by atoms with Crippen LogP contribution in [0.3, 0.4) is 0 Å². The molecule has 1 aromatic rings. The van der Waals surface area contributed by atoms with E-state index in [-0.39, 0.29) is 5.54 Å². The molecule has 92 valence electrons. The maximum absolute atomic E-state index is 11.7. The van der Waals surface area contributed by atoms with E-state index in [1.54, 1.807) is 18.6 Å². The summed E-state index contributed by atoms with van der Waals surface area (Å²) in [7, 11) is 0. The third-order valence-corrected chi connectivity index (χ3v) is 2.54. The van der Waals surface area contributed by atoms with E-state index in [9.17, 15) is 4.79 Å². The maximum Gasteiger partial charge on any atom is 0.408 e. The first-order chi connectivity index (χ1) is 7.91. The molecule has 0 unspecified atom stereocenters. The van der Waals surface area contributed by atoms with Crippen LogP contribution in [0.25, 0.3) is 0 Å². The van der Waals surface area contributed by atoms with Gasteiger partial charge in [-0.2, -0.15) is 0 Å². The number of nitrogens with zero attached hydrogens (tertiary/aromatic N) is 2. The summed E-state index contributed by atoms with van der Waals surface area (Å²) in [6.07, 6.45) is 6.29. The number of rotatable bonds is 2. The lowest BCUT2D eigenvalue weighted by Crippen LogP contribution is -2.39. The Morgan fingerprint density at radius 3 is 2.59 bits per heavy atom. The van der Waals surface area contributed by atoms with Gasteiger partial charge in [0.25, 0.3) is 0 Å².